The lowest BCUT2D eigenvalue weighted by Gasteiger charge is -2.34. The van der Waals surface area contributed by atoms with E-state index in [4.69, 9.17) is 21.6 Å². The molecule has 2 unspecified atom stereocenters. The Bertz CT molecular complexity index is 992. The summed E-state index contributed by atoms with van der Waals surface area (Å²) in [5, 5.41) is 22.7. The molecule has 0 bridgehead atoms. The Kier molecular flexibility index (Phi) is 6.48. The van der Waals surface area contributed by atoms with Gasteiger partial charge >= 0.3 is 6.03 Å². The molecule has 11 heteroatoms. The molecule has 2 atom stereocenters. The van der Waals surface area contributed by atoms with Crippen molar-refractivity contribution in [1.82, 2.24) is 0 Å². The Morgan fingerprint density at radius 1 is 1.06 bits per heavy atom. The highest BCUT2D eigenvalue weighted by Crippen LogP contribution is 2.23. The number of rotatable bonds is 6. The summed E-state index contributed by atoms with van der Waals surface area (Å²) in [7, 11) is 0. The lowest BCUT2D eigenvalue weighted by molar-refractivity contribution is -0.150. The number of aliphatic hydroxyl groups excluding tert-OH is 1. The first kappa shape index (κ1) is 21.7. The Balaban J connectivity index is 1.67. The van der Waals surface area contributed by atoms with Crippen LogP contribution in [0.5, 0.6) is 0 Å². The number of urea groups is 1. The zero-order valence-electron chi connectivity index (χ0n) is 16.4. The monoisotopic (exact) mass is 426 g/mol. The molecule has 0 aliphatic carbocycles. The minimum Gasteiger partial charge on any atom is -0.384 e. The van der Waals surface area contributed by atoms with Gasteiger partial charge in [-0.05, 0) is 48.5 Å². The molecule has 4 amide bonds. The van der Waals surface area contributed by atoms with Gasteiger partial charge in [0.15, 0.2) is 12.2 Å². The standard InChI is InChI=1S/C20H22N6O5/c21-17(22)11-1-3-12(4-2-11)24-18(28)15(27)16-19(29)26(9-10-31-16)14-7-5-13(6-8-14)25-20(23)30/h1-8,15-16,27H,9-10H2,(H3,21,22)(H,24,28)(H3,23,25,30). The Labute approximate surface area is 177 Å². The molecule has 3 rings (SSSR count). The average molecular weight is 426 g/mol. The van der Waals surface area contributed by atoms with Crippen LogP contribution in [0.3, 0.4) is 0 Å². The van der Waals surface area contributed by atoms with Crippen LogP contribution in [-0.4, -0.2) is 54.1 Å². The van der Waals surface area contributed by atoms with Crippen LogP contribution in [0.1, 0.15) is 5.56 Å². The number of hydrogen-bond acceptors (Lipinski definition) is 6. The van der Waals surface area contributed by atoms with Crippen molar-refractivity contribution in [1.29, 1.82) is 5.41 Å². The Morgan fingerprint density at radius 2 is 1.65 bits per heavy atom. The number of hydrogen-bond donors (Lipinski definition) is 6. The second-order valence-corrected chi connectivity index (χ2v) is 6.74. The second-order valence-electron chi connectivity index (χ2n) is 6.74. The van der Waals surface area contributed by atoms with E-state index in [-0.39, 0.29) is 19.0 Å². The van der Waals surface area contributed by atoms with Crippen LogP contribution in [-0.2, 0) is 14.3 Å². The van der Waals surface area contributed by atoms with Crippen molar-refractivity contribution in [2.75, 3.05) is 28.7 Å². The summed E-state index contributed by atoms with van der Waals surface area (Å²) in [6.07, 6.45) is -3.12. The molecule has 31 heavy (non-hydrogen) atoms. The van der Waals surface area contributed by atoms with Crippen LogP contribution in [0.15, 0.2) is 48.5 Å². The number of nitrogens with zero attached hydrogens (tertiary/aromatic N) is 1. The van der Waals surface area contributed by atoms with Crippen molar-refractivity contribution in [3.05, 3.63) is 54.1 Å². The van der Waals surface area contributed by atoms with Gasteiger partial charge in [0.05, 0.1) is 6.61 Å². The first-order valence-corrected chi connectivity index (χ1v) is 9.29. The van der Waals surface area contributed by atoms with E-state index in [2.05, 4.69) is 10.6 Å². The summed E-state index contributed by atoms with van der Waals surface area (Å²) in [6, 6.07) is 11.8. The van der Waals surface area contributed by atoms with Gasteiger partial charge in [0.2, 0.25) is 0 Å². The third-order valence-corrected chi connectivity index (χ3v) is 4.59. The van der Waals surface area contributed by atoms with E-state index in [1.807, 2.05) is 0 Å². The number of nitrogens with two attached hydrogens (primary N) is 2. The third kappa shape index (κ3) is 5.15. The molecule has 2 aromatic rings. The summed E-state index contributed by atoms with van der Waals surface area (Å²) >= 11 is 0. The molecule has 1 aliphatic rings. The fraction of sp³-hybridized carbons (Fsp3) is 0.200. The van der Waals surface area contributed by atoms with Gasteiger partial charge < -0.3 is 36.8 Å². The number of primary amides is 1. The molecule has 0 aromatic heterocycles. The average Bonchev–Trinajstić information content (AvgIpc) is 2.74. The summed E-state index contributed by atoms with van der Waals surface area (Å²) in [5.41, 5.74) is 12.3. The van der Waals surface area contributed by atoms with Gasteiger partial charge in [0, 0.05) is 29.2 Å². The first-order chi connectivity index (χ1) is 14.8. The van der Waals surface area contributed by atoms with E-state index in [9.17, 15) is 19.5 Å². The fourth-order valence-electron chi connectivity index (χ4n) is 3.04. The van der Waals surface area contributed by atoms with Crippen LogP contribution in [0.25, 0.3) is 0 Å². The second kappa shape index (κ2) is 9.24. The summed E-state index contributed by atoms with van der Waals surface area (Å²) in [5.74, 6) is -1.49. The van der Waals surface area contributed by atoms with Gasteiger partial charge in [0.1, 0.15) is 5.84 Å². The molecule has 8 N–H and O–H groups in total. The number of nitrogen functional groups attached to an aromatic ring is 1. The Hall–Kier alpha value is -3.96. The largest absolute Gasteiger partial charge is 0.384 e. The summed E-state index contributed by atoms with van der Waals surface area (Å²) < 4.78 is 5.37. The summed E-state index contributed by atoms with van der Waals surface area (Å²) in [6.45, 7) is 0.355. The van der Waals surface area contributed by atoms with Gasteiger partial charge in [-0.3, -0.25) is 15.0 Å². The van der Waals surface area contributed by atoms with E-state index >= 15 is 0 Å². The zero-order chi connectivity index (χ0) is 22.5. The van der Waals surface area contributed by atoms with Crippen molar-refractivity contribution in [3.63, 3.8) is 0 Å². The number of carbonyl (C=O) groups is 3. The fourth-order valence-corrected chi connectivity index (χ4v) is 3.04. The van der Waals surface area contributed by atoms with E-state index in [0.717, 1.165) is 0 Å². The minimum atomic E-state index is -1.74. The van der Waals surface area contributed by atoms with Crippen LogP contribution >= 0.6 is 0 Å². The molecule has 11 nitrogen and oxygen atoms in total. The van der Waals surface area contributed by atoms with E-state index < -0.39 is 30.1 Å². The molecular formula is C20H22N6O5. The van der Waals surface area contributed by atoms with Gasteiger partial charge in [-0.1, -0.05) is 0 Å². The highest BCUT2D eigenvalue weighted by molar-refractivity contribution is 6.04. The molecular weight excluding hydrogens is 404 g/mol. The number of ether oxygens (including phenoxy) is 1. The molecule has 1 aliphatic heterocycles. The number of amidine groups is 1. The highest BCUT2D eigenvalue weighted by atomic mass is 16.5. The normalized spacial score (nSPS) is 17.0. The maximum absolute atomic E-state index is 12.8. The van der Waals surface area contributed by atoms with Crippen LogP contribution in [0.2, 0.25) is 0 Å². The summed E-state index contributed by atoms with van der Waals surface area (Å²) in [4.78, 5) is 37.6. The van der Waals surface area contributed by atoms with Crippen molar-refractivity contribution in [2.24, 2.45) is 11.5 Å². The number of morpholine rings is 1. The van der Waals surface area contributed by atoms with E-state index in [0.29, 0.717) is 22.6 Å². The minimum absolute atomic E-state index is 0.113. The molecule has 2 aromatic carbocycles. The molecule has 1 fully saturated rings. The Morgan fingerprint density at radius 3 is 2.23 bits per heavy atom. The highest BCUT2D eigenvalue weighted by Gasteiger charge is 2.39. The number of aliphatic hydroxyl groups is 1. The molecule has 1 saturated heterocycles. The molecule has 162 valence electrons. The quantitative estimate of drug-likeness (QED) is 0.283. The number of nitrogens with one attached hydrogen (secondary N) is 3. The van der Waals surface area contributed by atoms with E-state index in [1.165, 1.54) is 17.0 Å². The third-order valence-electron chi connectivity index (χ3n) is 4.59. The lowest BCUT2D eigenvalue weighted by Crippen LogP contribution is -2.55. The zero-order valence-corrected chi connectivity index (χ0v) is 16.4. The molecule has 0 radical (unpaired) electrons. The maximum Gasteiger partial charge on any atom is 0.316 e. The van der Waals surface area contributed by atoms with Crippen molar-refractivity contribution < 1.29 is 24.2 Å². The number of benzene rings is 2. The predicted molar refractivity (Wildman–Crippen MR) is 114 cm³/mol. The molecule has 0 spiro atoms. The first-order valence-electron chi connectivity index (χ1n) is 9.29. The van der Waals surface area contributed by atoms with Crippen molar-refractivity contribution >= 4 is 40.7 Å². The maximum atomic E-state index is 12.8. The smallest absolute Gasteiger partial charge is 0.316 e. The molecule has 1 heterocycles. The SMILES string of the molecule is N=C(N)c1ccc(NC(=O)C(O)C2OCCN(c3ccc(NC(N)=O)cc3)C2=O)cc1. The number of amides is 4. The number of carbonyl (C=O) groups excluding carboxylic acids is 3. The van der Waals surface area contributed by atoms with Gasteiger partial charge in [-0.2, -0.15) is 0 Å². The van der Waals surface area contributed by atoms with E-state index in [1.54, 1.807) is 36.4 Å². The van der Waals surface area contributed by atoms with Gasteiger partial charge in [-0.25, -0.2) is 4.79 Å². The van der Waals surface area contributed by atoms with Crippen molar-refractivity contribution in [2.45, 2.75) is 12.2 Å². The van der Waals surface area contributed by atoms with Crippen molar-refractivity contribution in [3.8, 4) is 0 Å². The van der Waals surface area contributed by atoms with Gasteiger partial charge in [-0.15, -0.1) is 0 Å². The predicted octanol–water partition coefficient (Wildman–Crippen LogP) is 0.193. The van der Waals surface area contributed by atoms with Crippen LogP contribution in [0.4, 0.5) is 21.9 Å². The molecule has 0 saturated carbocycles. The van der Waals surface area contributed by atoms with Crippen LogP contribution < -0.4 is 27.0 Å². The van der Waals surface area contributed by atoms with Gasteiger partial charge in [0.25, 0.3) is 11.8 Å². The number of anilines is 3. The lowest BCUT2D eigenvalue weighted by atomic mass is 10.1. The van der Waals surface area contributed by atoms with Crippen LogP contribution in [0, 0.1) is 5.41 Å². The topological polar surface area (TPSA) is 184 Å².